The molecule has 0 radical (unpaired) electrons. The Balaban J connectivity index is 1.78. The second-order valence-corrected chi connectivity index (χ2v) is 5.14. The maximum atomic E-state index is 10.0. The lowest BCUT2D eigenvalue weighted by molar-refractivity contribution is -0.548. The van der Waals surface area contributed by atoms with Crippen LogP contribution < -0.4 is 0 Å². The summed E-state index contributed by atoms with van der Waals surface area (Å²) in [5.41, 5.74) is 0.640. The molecule has 1 aromatic rings. The van der Waals surface area contributed by atoms with Crippen LogP contribution in [0, 0.1) is 0 Å². The molecule has 3 aliphatic heterocycles. The van der Waals surface area contributed by atoms with Gasteiger partial charge in [-0.25, -0.2) is 0 Å². The fourth-order valence-corrected chi connectivity index (χ4v) is 3.05. The summed E-state index contributed by atoms with van der Waals surface area (Å²) >= 11 is 0. The Hall–Kier alpha value is -1.02. The maximum absolute atomic E-state index is 10.0. The average molecular weight is 266 g/mol. The predicted octanol–water partition coefficient (Wildman–Crippen LogP) is -0.924. The van der Waals surface area contributed by atoms with E-state index in [1.165, 1.54) is 0 Å². The van der Waals surface area contributed by atoms with Crippen LogP contribution in [0.15, 0.2) is 30.3 Å². The van der Waals surface area contributed by atoms with Crippen molar-refractivity contribution < 1.29 is 29.5 Å². The van der Waals surface area contributed by atoms with E-state index in [1.54, 1.807) is 12.1 Å². The molecule has 0 atom stereocenters. The van der Waals surface area contributed by atoms with Gasteiger partial charge in [-0.15, -0.1) is 0 Å². The monoisotopic (exact) mass is 266 g/mol. The minimum absolute atomic E-state index is 0.640. The lowest BCUT2D eigenvalue weighted by Gasteiger charge is -2.60. The van der Waals surface area contributed by atoms with Crippen molar-refractivity contribution in [2.75, 3.05) is 0 Å². The summed E-state index contributed by atoms with van der Waals surface area (Å²) in [4.78, 5) is 0. The Kier molecular flexibility index (Phi) is 2.33. The van der Waals surface area contributed by atoms with Gasteiger partial charge in [0.05, 0.1) is 0 Å². The van der Waals surface area contributed by atoms with Crippen LogP contribution in [0.1, 0.15) is 5.56 Å². The molecule has 0 amide bonds. The molecule has 3 heterocycles. The van der Waals surface area contributed by atoms with Crippen molar-refractivity contribution in [3.63, 3.8) is 0 Å². The molecular formula is C13H14O6. The SMILES string of the molecule is OC1C2OC3(c4ccccc4)OC1C(O)C(O3)C2O. The molecule has 0 unspecified atom stereocenters. The molecule has 0 aromatic heterocycles. The number of rotatable bonds is 1. The highest BCUT2D eigenvalue weighted by Crippen LogP contribution is 2.49. The van der Waals surface area contributed by atoms with Crippen LogP contribution in [0.2, 0.25) is 0 Å². The van der Waals surface area contributed by atoms with E-state index in [4.69, 9.17) is 14.2 Å². The number of ether oxygens (including phenoxy) is 3. The van der Waals surface area contributed by atoms with E-state index < -0.39 is 42.6 Å². The fourth-order valence-electron chi connectivity index (χ4n) is 3.05. The van der Waals surface area contributed by atoms with Gasteiger partial charge < -0.3 is 29.5 Å². The van der Waals surface area contributed by atoms with Crippen molar-refractivity contribution >= 4 is 0 Å². The van der Waals surface area contributed by atoms with Gasteiger partial charge in [0, 0.05) is 5.56 Å². The van der Waals surface area contributed by atoms with Crippen LogP contribution in [0.3, 0.4) is 0 Å². The summed E-state index contributed by atoms with van der Waals surface area (Å²) < 4.78 is 16.8. The molecule has 4 aliphatic rings. The first-order valence-electron chi connectivity index (χ1n) is 6.25. The van der Waals surface area contributed by atoms with Crippen LogP contribution in [0.25, 0.3) is 0 Å². The minimum Gasteiger partial charge on any atom is -0.387 e. The van der Waals surface area contributed by atoms with Gasteiger partial charge in [-0.05, 0) is 0 Å². The second kappa shape index (κ2) is 3.76. The highest BCUT2D eigenvalue weighted by atomic mass is 16.9. The molecule has 102 valence electrons. The van der Waals surface area contributed by atoms with Gasteiger partial charge in [0.15, 0.2) is 0 Å². The number of hydrogen-bond acceptors (Lipinski definition) is 6. The first kappa shape index (κ1) is 11.8. The lowest BCUT2D eigenvalue weighted by Crippen LogP contribution is -2.77. The third-order valence-corrected chi connectivity index (χ3v) is 4.02. The molecule has 4 bridgehead atoms. The molecule has 6 nitrogen and oxygen atoms in total. The maximum Gasteiger partial charge on any atom is 0.313 e. The van der Waals surface area contributed by atoms with E-state index in [0.29, 0.717) is 5.56 Å². The van der Waals surface area contributed by atoms with E-state index >= 15 is 0 Å². The molecule has 1 aliphatic carbocycles. The Labute approximate surface area is 109 Å². The first-order chi connectivity index (χ1) is 9.12. The minimum atomic E-state index is -1.45. The zero-order chi connectivity index (χ0) is 13.2. The van der Waals surface area contributed by atoms with Gasteiger partial charge in [-0.1, -0.05) is 30.3 Å². The summed E-state index contributed by atoms with van der Waals surface area (Å²) in [6.07, 6.45) is -5.66. The molecule has 1 saturated carbocycles. The largest absolute Gasteiger partial charge is 0.387 e. The van der Waals surface area contributed by atoms with Gasteiger partial charge in [0.25, 0.3) is 0 Å². The van der Waals surface area contributed by atoms with Crippen LogP contribution in [0.4, 0.5) is 0 Å². The van der Waals surface area contributed by atoms with Crippen molar-refractivity contribution in [1.82, 2.24) is 0 Å². The molecule has 4 fully saturated rings. The lowest BCUT2D eigenvalue weighted by atomic mass is 9.81. The summed E-state index contributed by atoms with van der Waals surface area (Å²) in [5.74, 6) is -1.45. The van der Waals surface area contributed by atoms with Crippen molar-refractivity contribution in [3.05, 3.63) is 35.9 Å². The third-order valence-electron chi connectivity index (χ3n) is 4.02. The second-order valence-electron chi connectivity index (χ2n) is 5.14. The Bertz CT molecular complexity index is 438. The summed E-state index contributed by atoms with van der Waals surface area (Å²) in [6.45, 7) is 0. The molecule has 6 heteroatoms. The van der Waals surface area contributed by atoms with Gasteiger partial charge in [0.2, 0.25) is 0 Å². The van der Waals surface area contributed by atoms with Crippen molar-refractivity contribution in [3.8, 4) is 0 Å². The molecule has 1 aromatic carbocycles. The van der Waals surface area contributed by atoms with Crippen LogP contribution in [-0.2, 0) is 20.2 Å². The Morgan fingerprint density at radius 1 is 0.737 bits per heavy atom. The number of aliphatic hydroxyl groups is 3. The van der Waals surface area contributed by atoms with Crippen molar-refractivity contribution in [1.29, 1.82) is 0 Å². The van der Waals surface area contributed by atoms with Gasteiger partial charge in [-0.3, -0.25) is 0 Å². The highest BCUT2D eigenvalue weighted by Gasteiger charge is 2.67. The molecule has 0 spiro atoms. The Morgan fingerprint density at radius 3 is 1.58 bits per heavy atom. The zero-order valence-electron chi connectivity index (χ0n) is 9.92. The van der Waals surface area contributed by atoms with E-state index in [0.717, 1.165) is 0 Å². The Morgan fingerprint density at radius 2 is 1.16 bits per heavy atom. The fraction of sp³-hybridized carbons (Fsp3) is 0.538. The third kappa shape index (κ3) is 1.41. The molecule has 19 heavy (non-hydrogen) atoms. The standard InChI is InChI=1S/C13H14O6/c14-7-10-8(15)12-9(16)11(7)18-13(17-10,19-12)6-4-2-1-3-5-6/h1-5,7-12,14-16H. The number of hydrogen-bond donors (Lipinski definition) is 3. The number of aliphatic hydroxyl groups excluding tert-OH is 3. The van der Waals surface area contributed by atoms with E-state index in [9.17, 15) is 15.3 Å². The average Bonchev–Trinajstić information content (AvgIpc) is 2.45. The van der Waals surface area contributed by atoms with E-state index in [2.05, 4.69) is 0 Å². The predicted molar refractivity (Wildman–Crippen MR) is 60.8 cm³/mol. The van der Waals surface area contributed by atoms with Gasteiger partial charge in [-0.2, -0.15) is 0 Å². The van der Waals surface area contributed by atoms with Crippen LogP contribution >= 0.6 is 0 Å². The van der Waals surface area contributed by atoms with Crippen molar-refractivity contribution in [2.24, 2.45) is 0 Å². The summed E-state index contributed by atoms with van der Waals surface area (Å²) in [5, 5.41) is 30.0. The zero-order valence-corrected chi connectivity index (χ0v) is 9.92. The molecular weight excluding hydrogens is 252 g/mol. The quantitative estimate of drug-likeness (QED) is 0.609. The number of benzene rings is 1. The normalized spacial score (nSPS) is 51.5. The van der Waals surface area contributed by atoms with Crippen molar-refractivity contribution in [2.45, 2.75) is 42.6 Å². The topological polar surface area (TPSA) is 88.4 Å². The van der Waals surface area contributed by atoms with Gasteiger partial charge >= 0.3 is 5.97 Å². The molecule has 5 rings (SSSR count). The molecule has 3 saturated heterocycles. The smallest absolute Gasteiger partial charge is 0.313 e. The van der Waals surface area contributed by atoms with Gasteiger partial charge in [0.1, 0.15) is 36.6 Å². The van der Waals surface area contributed by atoms with Crippen LogP contribution in [-0.4, -0.2) is 51.9 Å². The molecule has 3 N–H and O–H groups in total. The highest BCUT2D eigenvalue weighted by molar-refractivity contribution is 5.22. The first-order valence-corrected chi connectivity index (χ1v) is 6.25. The van der Waals surface area contributed by atoms with E-state index in [-0.39, 0.29) is 0 Å². The van der Waals surface area contributed by atoms with Crippen LogP contribution in [0.5, 0.6) is 0 Å². The van der Waals surface area contributed by atoms with E-state index in [1.807, 2.05) is 18.2 Å². The summed E-state index contributed by atoms with van der Waals surface area (Å²) in [6, 6.07) is 9.03. The summed E-state index contributed by atoms with van der Waals surface area (Å²) in [7, 11) is 0.